The number of rotatable bonds is 15. The molecule has 0 saturated carbocycles. The van der Waals surface area contributed by atoms with E-state index < -0.39 is 0 Å². The maximum Gasteiger partial charge on any atom is 0.260 e. The van der Waals surface area contributed by atoms with E-state index in [1.165, 1.54) is 16.7 Å². The van der Waals surface area contributed by atoms with E-state index in [1.54, 1.807) is 17.0 Å². The first-order valence-corrected chi connectivity index (χ1v) is 15.6. The van der Waals surface area contributed by atoms with Crippen molar-refractivity contribution in [3.05, 3.63) is 89.5 Å². The Balaban J connectivity index is 1.45. The third kappa shape index (κ3) is 9.73. The van der Waals surface area contributed by atoms with Gasteiger partial charge in [-0.2, -0.15) is 0 Å². The van der Waals surface area contributed by atoms with Crippen molar-refractivity contribution in [1.29, 1.82) is 0 Å². The summed E-state index contributed by atoms with van der Waals surface area (Å²) in [4.78, 5) is 14.2. The SMILES string of the molecule is CCOC(C)Oc1ccc(C(CC(C)c2ccc(OCC(=O)N3CCOCC3)cc2)CC(CC)c2ccc(O)cc2)cc1. The number of ether oxygens (including phenoxy) is 4. The number of phenolic OH excluding ortho intramolecular Hbond substituents is 1. The number of hydrogen-bond donors (Lipinski definition) is 1. The molecular formula is C36H47NO6. The van der Waals surface area contributed by atoms with Crippen LogP contribution in [0.5, 0.6) is 17.2 Å². The van der Waals surface area contributed by atoms with Crippen molar-refractivity contribution in [2.75, 3.05) is 39.5 Å². The molecule has 3 aromatic carbocycles. The summed E-state index contributed by atoms with van der Waals surface area (Å²) < 4.78 is 22.6. The third-order valence-electron chi connectivity index (χ3n) is 8.29. The molecule has 1 amide bonds. The van der Waals surface area contributed by atoms with Gasteiger partial charge in [-0.1, -0.05) is 50.2 Å². The molecule has 0 bridgehead atoms. The van der Waals surface area contributed by atoms with Gasteiger partial charge in [-0.15, -0.1) is 0 Å². The maximum atomic E-state index is 12.5. The highest BCUT2D eigenvalue weighted by Crippen LogP contribution is 2.39. The van der Waals surface area contributed by atoms with Gasteiger partial charge in [0.2, 0.25) is 0 Å². The molecule has 4 atom stereocenters. The number of nitrogens with zero attached hydrogens (tertiary/aromatic N) is 1. The highest BCUT2D eigenvalue weighted by Gasteiger charge is 2.23. The van der Waals surface area contributed by atoms with Crippen LogP contribution in [0.25, 0.3) is 0 Å². The van der Waals surface area contributed by atoms with E-state index in [4.69, 9.17) is 18.9 Å². The summed E-state index contributed by atoms with van der Waals surface area (Å²) in [5, 5.41) is 9.83. The van der Waals surface area contributed by atoms with E-state index >= 15 is 0 Å². The molecule has 1 fully saturated rings. The lowest BCUT2D eigenvalue weighted by Crippen LogP contribution is -2.42. The fourth-order valence-corrected chi connectivity index (χ4v) is 5.78. The largest absolute Gasteiger partial charge is 0.508 e. The molecule has 232 valence electrons. The normalized spacial score (nSPS) is 16.2. The molecule has 0 aliphatic carbocycles. The Morgan fingerprint density at radius 1 is 0.814 bits per heavy atom. The number of carbonyl (C=O) groups excluding carboxylic acids is 1. The second-order valence-corrected chi connectivity index (χ2v) is 11.3. The number of aromatic hydroxyl groups is 1. The quantitative estimate of drug-likeness (QED) is 0.188. The van der Waals surface area contributed by atoms with Crippen molar-refractivity contribution in [1.82, 2.24) is 4.90 Å². The lowest BCUT2D eigenvalue weighted by molar-refractivity contribution is -0.137. The van der Waals surface area contributed by atoms with Crippen LogP contribution in [0, 0.1) is 0 Å². The van der Waals surface area contributed by atoms with Gasteiger partial charge in [0, 0.05) is 19.7 Å². The molecule has 1 N–H and O–H groups in total. The van der Waals surface area contributed by atoms with E-state index in [9.17, 15) is 9.90 Å². The summed E-state index contributed by atoms with van der Waals surface area (Å²) in [7, 11) is 0. The minimum Gasteiger partial charge on any atom is -0.508 e. The van der Waals surface area contributed by atoms with Gasteiger partial charge in [-0.25, -0.2) is 0 Å². The van der Waals surface area contributed by atoms with Gasteiger partial charge in [0.15, 0.2) is 12.9 Å². The van der Waals surface area contributed by atoms with Gasteiger partial charge in [-0.3, -0.25) is 4.79 Å². The Labute approximate surface area is 256 Å². The summed E-state index contributed by atoms with van der Waals surface area (Å²) in [6.45, 7) is 11.4. The van der Waals surface area contributed by atoms with E-state index in [-0.39, 0.29) is 18.8 Å². The number of benzene rings is 3. The topological polar surface area (TPSA) is 77.5 Å². The lowest BCUT2D eigenvalue weighted by atomic mass is 9.78. The van der Waals surface area contributed by atoms with Crippen LogP contribution >= 0.6 is 0 Å². The molecule has 0 spiro atoms. The zero-order valence-corrected chi connectivity index (χ0v) is 26.0. The number of hydrogen-bond acceptors (Lipinski definition) is 6. The van der Waals surface area contributed by atoms with Crippen LogP contribution in [0.3, 0.4) is 0 Å². The van der Waals surface area contributed by atoms with E-state index in [1.807, 2.05) is 50.2 Å². The standard InChI is InChI=1S/C36H47NO6/c1-5-28(30-7-13-33(38)14-8-30)24-32(31-11-17-35(18-12-31)43-27(4)41-6-2)23-26(3)29-9-15-34(16-10-29)42-25-36(39)37-19-21-40-22-20-37/h7-18,26-28,32,38H,5-6,19-25H2,1-4H3. The zero-order valence-electron chi connectivity index (χ0n) is 26.0. The molecule has 7 nitrogen and oxygen atoms in total. The van der Waals surface area contributed by atoms with Crippen LogP contribution in [0.1, 0.15) is 81.4 Å². The van der Waals surface area contributed by atoms with Crippen LogP contribution in [0.2, 0.25) is 0 Å². The van der Waals surface area contributed by atoms with Crippen molar-refractivity contribution in [2.45, 2.75) is 71.0 Å². The van der Waals surface area contributed by atoms with Gasteiger partial charge in [0.25, 0.3) is 5.91 Å². The lowest BCUT2D eigenvalue weighted by Gasteiger charge is -2.27. The Kier molecular flexibility index (Phi) is 12.3. The average Bonchev–Trinajstić information content (AvgIpc) is 3.03. The van der Waals surface area contributed by atoms with Gasteiger partial charge >= 0.3 is 0 Å². The summed E-state index contributed by atoms with van der Waals surface area (Å²) in [5.41, 5.74) is 3.76. The Bertz CT molecular complexity index is 1240. The van der Waals surface area contributed by atoms with Crippen molar-refractivity contribution < 1.29 is 28.8 Å². The number of morpholine rings is 1. The molecule has 1 saturated heterocycles. The Morgan fingerprint density at radius 2 is 1.40 bits per heavy atom. The zero-order chi connectivity index (χ0) is 30.6. The van der Waals surface area contributed by atoms with Crippen molar-refractivity contribution >= 4 is 5.91 Å². The molecule has 4 unspecified atom stereocenters. The van der Waals surface area contributed by atoms with E-state index in [0.717, 1.165) is 25.0 Å². The number of phenols is 1. The summed E-state index contributed by atoms with van der Waals surface area (Å²) >= 11 is 0. The molecule has 1 aliphatic heterocycles. The summed E-state index contributed by atoms with van der Waals surface area (Å²) in [6.07, 6.45) is 2.68. The summed E-state index contributed by atoms with van der Waals surface area (Å²) in [6, 6.07) is 24.2. The van der Waals surface area contributed by atoms with Crippen LogP contribution in [0.15, 0.2) is 72.8 Å². The predicted octanol–water partition coefficient (Wildman–Crippen LogP) is 7.25. The van der Waals surface area contributed by atoms with Gasteiger partial charge in [-0.05, 0) is 104 Å². The maximum absolute atomic E-state index is 12.5. The first-order chi connectivity index (χ1) is 20.9. The first kappa shape index (κ1) is 32.4. The number of carbonyl (C=O) groups is 1. The monoisotopic (exact) mass is 589 g/mol. The number of amides is 1. The Hall–Kier alpha value is -3.55. The summed E-state index contributed by atoms with van der Waals surface area (Å²) in [5.74, 6) is 2.76. The molecule has 0 radical (unpaired) electrons. The molecule has 0 aromatic heterocycles. The first-order valence-electron chi connectivity index (χ1n) is 15.6. The second-order valence-electron chi connectivity index (χ2n) is 11.3. The predicted molar refractivity (Wildman–Crippen MR) is 169 cm³/mol. The van der Waals surface area contributed by atoms with E-state index in [0.29, 0.717) is 62.2 Å². The second kappa shape index (κ2) is 16.3. The van der Waals surface area contributed by atoms with E-state index in [2.05, 4.69) is 38.1 Å². The smallest absolute Gasteiger partial charge is 0.260 e. The average molecular weight is 590 g/mol. The molecule has 3 aromatic rings. The van der Waals surface area contributed by atoms with Gasteiger partial charge in [0.05, 0.1) is 13.2 Å². The molecule has 43 heavy (non-hydrogen) atoms. The molecule has 1 aliphatic rings. The third-order valence-corrected chi connectivity index (χ3v) is 8.29. The molecule has 1 heterocycles. The fraction of sp³-hybridized carbons (Fsp3) is 0.472. The van der Waals surface area contributed by atoms with Crippen LogP contribution in [-0.2, 0) is 14.3 Å². The van der Waals surface area contributed by atoms with Crippen molar-refractivity contribution in [3.63, 3.8) is 0 Å². The van der Waals surface area contributed by atoms with Crippen LogP contribution in [-0.4, -0.2) is 61.7 Å². The minimum atomic E-state index is -0.296. The Morgan fingerprint density at radius 3 is 2.02 bits per heavy atom. The molecule has 4 rings (SSSR count). The van der Waals surface area contributed by atoms with Crippen molar-refractivity contribution in [2.24, 2.45) is 0 Å². The molecular weight excluding hydrogens is 542 g/mol. The van der Waals surface area contributed by atoms with Crippen molar-refractivity contribution in [3.8, 4) is 17.2 Å². The van der Waals surface area contributed by atoms with Crippen LogP contribution in [0.4, 0.5) is 0 Å². The van der Waals surface area contributed by atoms with Gasteiger partial charge < -0.3 is 29.0 Å². The van der Waals surface area contributed by atoms with Gasteiger partial charge in [0.1, 0.15) is 17.2 Å². The fourth-order valence-electron chi connectivity index (χ4n) is 5.78. The molecule has 7 heteroatoms. The van der Waals surface area contributed by atoms with Crippen LogP contribution < -0.4 is 9.47 Å². The highest BCUT2D eigenvalue weighted by molar-refractivity contribution is 5.77. The minimum absolute atomic E-state index is 0.00791. The highest BCUT2D eigenvalue weighted by atomic mass is 16.7.